The van der Waals surface area contributed by atoms with Gasteiger partial charge in [-0.15, -0.1) is 0 Å². The van der Waals surface area contributed by atoms with Gasteiger partial charge in [-0.3, -0.25) is 9.78 Å². The molecule has 4 aromatic rings. The summed E-state index contributed by atoms with van der Waals surface area (Å²) in [6.07, 6.45) is 6.66. The van der Waals surface area contributed by atoms with Crippen molar-refractivity contribution in [3.63, 3.8) is 0 Å². The van der Waals surface area contributed by atoms with Gasteiger partial charge < -0.3 is 15.2 Å². The second-order valence-corrected chi connectivity index (χ2v) is 8.27. The van der Waals surface area contributed by atoms with Crippen molar-refractivity contribution in [1.29, 1.82) is 0 Å². The van der Waals surface area contributed by atoms with Crippen LogP contribution in [0.5, 0.6) is 0 Å². The first-order valence-electron chi connectivity index (χ1n) is 10.7. The Kier molecular flexibility index (Phi) is 4.84. The third kappa shape index (κ3) is 3.28. The molecule has 0 unspecified atom stereocenters. The number of carbonyl (C=O) groups is 1. The molecule has 5 rings (SSSR count). The van der Waals surface area contributed by atoms with E-state index in [-0.39, 0.29) is 11.9 Å². The first kappa shape index (κ1) is 20.1. The Hall–Kier alpha value is -3.81. The zero-order chi connectivity index (χ0) is 22.4. The predicted octanol–water partition coefficient (Wildman–Crippen LogP) is 3.59. The number of fused-ring (bicyclic) bond motifs is 3. The van der Waals surface area contributed by atoms with Crippen LogP contribution in [0.2, 0.25) is 0 Å². The summed E-state index contributed by atoms with van der Waals surface area (Å²) in [6, 6.07) is 6.19. The number of likely N-dealkylation sites (tertiary alicyclic amines) is 1. The van der Waals surface area contributed by atoms with Gasteiger partial charge in [-0.05, 0) is 56.5 Å². The number of nitrogen functional groups attached to an aromatic ring is 1. The summed E-state index contributed by atoms with van der Waals surface area (Å²) in [4.78, 5) is 32.5. The van der Waals surface area contributed by atoms with Crippen LogP contribution < -0.4 is 5.73 Å². The number of aromatic nitrogens is 5. The number of hydrogen-bond acceptors (Lipinski definition) is 6. The van der Waals surface area contributed by atoms with E-state index in [0.29, 0.717) is 18.9 Å². The highest BCUT2D eigenvalue weighted by molar-refractivity contribution is 6.00. The van der Waals surface area contributed by atoms with Crippen molar-refractivity contribution in [1.82, 2.24) is 29.4 Å². The van der Waals surface area contributed by atoms with Crippen molar-refractivity contribution < 1.29 is 4.79 Å². The number of anilines is 1. The van der Waals surface area contributed by atoms with E-state index in [1.807, 2.05) is 43.1 Å². The van der Waals surface area contributed by atoms with Crippen LogP contribution >= 0.6 is 0 Å². The highest BCUT2D eigenvalue weighted by Crippen LogP contribution is 2.32. The summed E-state index contributed by atoms with van der Waals surface area (Å²) >= 11 is 0. The van der Waals surface area contributed by atoms with Gasteiger partial charge in [0.1, 0.15) is 22.7 Å². The van der Waals surface area contributed by atoms with Gasteiger partial charge >= 0.3 is 0 Å². The second-order valence-electron chi connectivity index (χ2n) is 8.27. The number of nitrogens with two attached hydrogens (primary N) is 1. The number of rotatable bonds is 3. The molecule has 0 atom stereocenters. The van der Waals surface area contributed by atoms with E-state index in [4.69, 9.17) is 15.7 Å². The topological polar surface area (TPSA) is 103 Å². The zero-order valence-electron chi connectivity index (χ0n) is 18.2. The van der Waals surface area contributed by atoms with Crippen molar-refractivity contribution in [2.24, 2.45) is 0 Å². The molecule has 0 aliphatic carbocycles. The zero-order valence-corrected chi connectivity index (χ0v) is 18.2. The predicted molar refractivity (Wildman–Crippen MR) is 125 cm³/mol. The molecule has 0 radical (unpaired) electrons. The molecule has 1 aliphatic rings. The fourth-order valence-corrected chi connectivity index (χ4v) is 4.56. The Bertz CT molecular complexity index is 1370. The van der Waals surface area contributed by atoms with Crippen molar-refractivity contribution in [3.05, 3.63) is 54.6 Å². The van der Waals surface area contributed by atoms with Crippen LogP contribution in [0.4, 0.5) is 5.82 Å². The maximum Gasteiger partial charge on any atom is 0.245 e. The molecule has 0 saturated carbocycles. The second kappa shape index (κ2) is 7.71. The van der Waals surface area contributed by atoms with Gasteiger partial charge in [-0.25, -0.2) is 15.0 Å². The van der Waals surface area contributed by atoms with Gasteiger partial charge in [0.25, 0.3) is 0 Å². The number of hydrogen-bond donors (Lipinski definition) is 1. The van der Waals surface area contributed by atoms with Gasteiger partial charge in [0.05, 0.1) is 22.9 Å². The van der Waals surface area contributed by atoms with Crippen LogP contribution in [0.15, 0.2) is 43.2 Å². The maximum atomic E-state index is 12.0. The third-order valence-corrected chi connectivity index (χ3v) is 6.27. The van der Waals surface area contributed by atoms with E-state index in [9.17, 15) is 4.79 Å². The lowest BCUT2D eigenvalue weighted by Gasteiger charge is -2.33. The molecule has 2 N–H and O–H groups in total. The van der Waals surface area contributed by atoms with Crippen LogP contribution in [0, 0.1) is 13.8 Å². The first-order valence-corrected chi connectivity index (χ1v) is 10.7. The molecule has 8 nitrogen and oxygen atoms in total. The van der Waals surface area contributed by atoms with E-state index in [1.165, 1.54) is 6.08 Å². The number of pyridine rings is 3. The fourth-order valence-electron chi connectivity index (χ4n) is 4.56. The minimum atomic E-state index is -0.0102. The standard InChI is InChI=1S/C24H25N7O/c1-4-21(32)30-9-7-17(8-10-30)31-15(3)28-20-13-26-19-6-5-18(29-22(19)23(20)31)16-11-14(2)24(25)27-12-16/h4-6,11-13,17H,1,7-10H2,2-3H3,(H2,25,27). The SMILES string of the molecule is C=CC(=O)N1CCC(n2c(C)nc3cnc4ccc(-c5cnc(N)c(C)c5)nc4c32)CC1. The summed E-state index contributed by atoms with van der Waals surface area (Å²) in [7, 11) is 0. The lowest BCUT2D eigenvalue weighted by atomic mass is 10.0. The molecule has 1 amide bonds. The number of carbonyl (C=O) groups excluding carboxylic acids is 1. The summed E-state index contributed by atoms with van der Waals surface area (Å²) < 4.78 is 2.28. The number of nitrogens with zero attached hydrogens (tertiary/aromatic N) is 6. The van der Waals surface area contributed by atoms with Crippen LogP contribution in [-0.2, 0) is 4.79 Å². The fraction of sp³-hybridized carbons (Fsp3) is 0.292. The van der Waals surface area contributed by atoms with E-state index in [2.05, 4.69) is 21.1 Å². The Balaban J connectivity index is 1.62. The number of piperidine rings is 1. The highest BCUT2D eigenvalue weighted by atomic mass is 16.2. The number of amides is 1. The van der Waals surface area contributed by atoms with Gasteiger partial charge in [0.15, 0.2) is 0 Å². The largest absolute Gasteiger partial charge is 0.383 e. The van der Waals surface area contributed by atoms with E-state index in [0.717, 1.165) is 57.6 Å². The Morgan fingerprint density at radius 1 is 1.12 bits per heavy atom. The molecule has 0 spiro atoms. The molecular formula is C24H25N7O. The Morgan fingerprint density at radius 2 is 1.91 bits per heavy atom. The van der Waals surface area contributed by atoms with E-state index >= 15 is 0 Å². The summed E-state index contributed by atoms with van der Waals surface area (Å²) in [5.74, 6) is 1.44. The average molecular weight is 428 g/mol. The van der Waals surface area contributed by atoms with Crippen molar-refractivity contribution in [2.75, 3.05) is 18.8 Å². The number of imidazole rings is 1. The highest BCUT2D eigenvalue weighted by Gasteiger charge is 2.26. The Morgan fingerprint density at radius 3 is 2.62 bits per heavy atom. The minimum absolute atomic E-state index is 0.0102. The summed E-state index contributed by atoms with van der Waals surface area (Å²) in [6.45, 7) is 8.96. The molecule has 1 aliphatic heterocycles. The molecule has 0 aromatic carbocycles. The number of aryl methyl sites for hydroxylation is 2. The third-order valence-electron chi connectivity index (χ3n) is 6.27. The molecule has 1 fully saturated rings. The molecule has 162 valence electrons. The normalized spacial score (nSPS) is 14.9. The van der Waals surface area contributed by atoms with Gasteiger partial charge in [0, 0.05) is 30.9 Å². The summed E-state index contributed by atoms with van der Waals surface area (Å²) in [5, 5.41) is 0. The minimum Gasteiger partial charge on any atom is -0.383 e. The molecule has 5 heterocycles. The molecular weight excluding hydrogens is 402 g/mol. The van der Waals surface area contributed by atoms with Crippen molar-refractivity contribution in [3.8, 4) is 11.3 Å². The molecule has 4 aromatic heterocycles. The van der Waals surface area contributed by atoms with E-state index < -0.39 is 0 Å². The monoisotopic (exact) mass is 427 g/mol. The maximum absolute atomic E-state index is 12.0. The van der Waals surface area contributed by atoms with Crippen LogP contribution in [-0.4, -0.2) is 48.4 Å². The average Bonchev–Trinajstić information content (AvgIpc) is 3.16. The van der Waals surface area contributed by atoms with Crippen LogP contribution in [0.3, 0.4) is 0 Å². The van der Waals surface area contributed by atoms with Crippen LogP contribution in [0.1, 0.15) is 30.3 Å². The smallest absolute Gasteiger partial charge is 0.245 e. The molecule has 32 heavy (non-hydrogen) atoms. The quantitative estimate of drug-likeness (QED) is 0.501. The van der Waals surface area contributed by atoms with Gasteiger partial charge in [0.2, 0.25) is 5.91 Å². The first-order chi connectivity index (χ1) is 15.5. The molecule has 1 saturated heterocycles. The Labute approximate surface area is 185 Å². The van der Waals surface area contributed by atoms with E-state index in [1.54, 1.807) is 6.20 Å². The summed E-state index contributed by atoms with van der Waals surface area (Å²) in [5.41, 5.74) is 12.0. The lowest BCUT2D eigenvalue weighted by Crippen LogP contribution is -2.38. The lowest BCUT2D eigenvalue weighted by molar-refractivity contribution is -0.127. The van der Waals surface area contributed by atoms with Crippen molar-refractivity contribution >= 4 is 33.8 Å². The van der Waals surface area contributed by atoms with Crippen molar-refractivity contribution in [2.45, 2.75) is 32.7 Å². The van der Waals surface area contributed by atoms with Gasteiger partial charge in [-0.1, -0.05) is 6.58 Å². The van der Waals surface area contributed by atoms with Gasteiger partial charge in [-0.2, -0.15) is 0 Å². The molecule has 8 heteroatoms. The van der Waals surface area contributed by atoms with Crippen LogP contribution in [0.25, 0.3) is 33.3 Å². The molecule has 0 bridgehead atoms.